The van der Waals surface area contributed by atoms with Crippen LogP contribution in [0.25, 0.3) is 0 Å². The number of hydrogen-bond donors (Lipinski definition) is 2. The highest BCUT2D eigenvalue weighted by Crippen LogP contribution is 2.08. The summed E-state index contributed by atoms with van der Waals surface area (Å²) in [6, 6.07) is 0. The highest BCUT2D eigenvalue weighted by atomic mass is 16.5. The van der Waals surface area contributed by atoms with Crippen molar-refractivity contribution < 1.29 is 10.2 Å². The maximum atomic E-state index is 8.59. The van der Waals surface area contributed by atoms with E-state index in [1.165, 1.54) is 19.3 Å². The maximum absolute atomic E-state index is 8.59. The van der Waals surface area contributed by atoms with Gasteiger partial charge in [-0.2, -0.15) is 0 Å². The summed E-state index contributed by atoms with van der Waals surface area (Å²) in [5.74, 6) is 0. The van der Waals surface area contributed by atoms with Crippen molar-refractivity contribution in [1.29, 1.82) is 0 Å². The zero-order valence-electron chi connectivity index (χ0n) is 8.86. The molecule has 0 rings (SSSR count). The van der Waals surface area contributed by atoms with Gasteiger partial charge in [0.1, 0.15) is 0 Å². The molecule has 14 heavy (non-hydrogen) atoms. The van der Waals surface area contributed by atoms with Crippen LogP contribution in [0.5, 0.6) is 0 Å². The predicted octanol–water partition coefficient (Wildman–Crippen LogP) is 2.77. The zero-order chi connectivity index (χ0) is 10.6. The summed E-state index contributed by atoms with van der Waals surface area (Å²) in [5.41, 5.74) is 0. The van der Waals surface area contributed by atoms with Crippen molar-refractivity contribution in [2.75, 3.05) is 0 Å². The molecule has 0 fully saturated rings. The lowest BCUT2D eigenvalue weighted by atomic mass is 10.1. The van der Waals surface area contributed by atoms with Crippen LogP contribution in [0.15, 0.2) is 24.8 Å². The van der Waals surface area contributed by atoms with E-state index in [0.29, 0.717) is 6.42 Å². The lowest BCUT2D eigenvalue weighted by Gasteiger charge is -2.02. The Kier molecular flexibility index (Phi) is 10.0. The molecule has 0 aromatic carbocycles. The van der Waals surface area contributed by atoms with Gasteiger partial charge in [-0.1, -0.05) is 44.1 Å². The first-order chi connectivity index (χ1) is 6.77. The van der Waals surface area contributed by atoms with Crippen LogP contribution in [-0.4, -0.2) is 16.5 Å². The van der Waals surface area contributed by atoms with E-state index >= 15 is 0 Å². The third-order valence-corrected chi connectivity index (χ3v) is 2.11. The van der Waals surface area contributed by atoms with Gasteiger partial charge in [0.15, 0.2) is 6.29 Å². The van der Waals surface area contributed by atoms with Crippen LogP contribution in [0, 0.1) is 0 Å². The van der Waals surface area contributed by atoms with Gasteiger partial charge in [-0.05, 0) is 25.7 Å². The van der Waals surface area contributed by atoms with E-state index < -0.39 is 6.29 Å². The van der Waals surface area contributed by atoms with Gasteiger partial charge in [0.2, 0.25) is 0 Å². The summed E-state index contributed by atoms with van der Waals surface area (Å²) in [6.07, 6.45) is 12.1. The molecule has 0 bridgehead atoms. The molecule has 0 aliphatic rings. The summed E-state index contributed by atoms with van der Waals surface area (Å²) in [6.45, 7) is 3.60. The lowest BCUT2D eigenvalue weighted by Crippen LogP contribution is -2.02. The van der Waals surface area contributed by atoms with Crippen LogP contribution >= 0.6 is 0 Å². The fourth-order valence-electron chi connectivity index (χ4n) is 1.31. The largest absolute Gasteiger partial charge is 0.368 e. The van der Waals surface area contributed by atoms with Gasteiger partial charge in [0, 0.05) is 0 Å². The first-order valence-corrected chi connectivity index (χ1v) is 5.41. The highest BCUT2D eigenvalue weighted by Gasteiger charge is 1.96. The smallest absolute Gasteiger partial charge is 0.151 e. The minimum absolute atomic E-state index is 0.510. The molecule has 0 heterocycles. The molecule has 0 aromatic rings. The minimum atomic E-state index is -1.12. The summed E-state index contributed by atoms with van der Waals surface area (Å²) >= 11 is 0. The quantitative estimate of drug-likeness (QED) is 0.340. The van der Waals surface area contributed by atoms with Crippen LogP contribution in [0.4, 0.5) is 0 Å². The van der Waals surface area contributed by atoms with Crippen molar-refractivity contribution in [3.63, 3.8) is 0 Å². The molecular formula is C12H22O2. The minimum Gasteiger partial charge on any atom is -0.368 e. The number of rotatable bonds is 9. The summed E-state index contributed by atoms with van der Waals surface area (Å²) in [4.78, 5) is 0. The molecule has 2 N–H and O–H groups in total. The fraction of sp³-hybridized carbons (Fsp3) is 0.667. The van der Waals surface area contributed by atoms with Crippen molar-refractivity contribution in [3.05, 3.63) is 24.8 Å². The van der Waals surface area contributed by atoms with Gasteiger partial charge >= 0.3 is 0 Å². The van der Waals surface area contributed by atoms with Crippen molar-refractivity contribution in [2.24, 2.45) is 0 Å². The molecule has 0 radical (unpaired) electrons. The second kappa shape index (κ2) is 10.5. The van der Waals surface area contributed by atoms with Crippen LogP contribution in [-0.2, 0) is 0 Å². The molecule has 0 atom stereocenters. The van der Waals surface area contributed by atoms with E-state index in [4.69, 9.17) is 10.2 Å². The Morgan fingerprint density at radius 3 is 2.29 bits per heavy atom. The van der Waals surface area contributed by atoms with Crippen LogP contribution in [0.3, 0.4) is 0 Å². The molecule has 0 amide bonds. The van der Waals surface area contributed by atoms with E-state index in [9.17, 15) is 0 Å². The van der Waals surface area contributed by atoms with Gasteiger partial charge in [0.05, 0.1) is 0 Å². The first kappa shape index (κ1) is 13.4. The van der Waals surface area contributed by atoms with Crippen molar-refractivity contribution >= 4 is 0 Å². The molecule has 0 aliphatic heterocycles. The first-order valence-electron chi connectivity index (χ1n) is 5.41. The average molecular weight is 198 g/mol. The van der Waals surface area contributed by atoms with Crippen LogP contribution in [0.2, 0.25) is 0 Å². The average Bonchev–Trinajstić information content (AvgIpc) is 2.15. The fourth-order valence-corrected chi connectivity index (χ4v) is 1.31. The number of unbranched alkanes of at least 4 members (excludes halogenated alkanes) is 5. The van der Waals surface area contributed by atoms with Crippen LogP contribution < -0.4 is 0 Å². The molecule has 82 valence electrons. The van der Waals surface area contributed by atoms with E-state index in [0.717, 1.165) is 19.3 Å². The highest BCUT2D eigenvalue weighted by molar-refractivity contribution is 4.96. The lowest BCUT2D eigenvalue weighted by molar-refractivity contribution is -0.0466. The molecule has 0 saturated carbocycles. The zero-order valence-corrected chi connectivity index (χ0v) is 8.86. The Morgan fingerprint density at radius 2 is 1.64 bits per heavy atom. The normalized spacial score (nSPS) is 11.4. The Hall–Kier alpha value is -0.600. The molecule has 0 saturated heterocycles. The summed E-state index contributed by atoms with van der Waals surface area (Å²) in [7, 11) is 0. The second-order valence-electron chi connectivity index (χ2n) is 3.49. The predicted molar refractivity (Wildman–Crippen MR) is 59.9 cm³/mol. The maximum Gasteiger partial charge on any atom is 0.151 e. The topological polar surface area (TPSA) is 40.5 Å². The monoisotopic (exact) mass is 198 g/mol. The summed E-state index contributed by atoms with van der Waals surface area (Å²) in [5, 5.41) is 17.2. The molecule has 0 unspecified atom stereocenters. The standard InChI is InChI=1S/C12H22O2/c1-2-3-4-5-6-7-8-9-10-11-12(13)14/h2-4,12-14H,1,5-11H2. The van der Waals surface area contributed by atoms with Gasteiger partial charge in [-0.3, -0.25) is 0 Å². The number of hydrogen-bond acceptors (Lipinski definition) is 2. The van der Waals surface area contributed by atoms with Crippen molar-refractivity contribution in [3.8, 4) is 0 Å². The molecule has 0 aliphatic carbocycles. The Bertz CT molecular complexity index is 150. The summed E-state index contributed by atoms with van der Waals surface area (Å²) < 4.78 is 0. The van der Waals surface area contributed by atoms with Crippen molar-refractivity contribution in [1.82, 2.24) is 0 Å². The van der Waals surface area contributed by atoms with Crippen LogP contribution in [0.1, 0.15) is 44.9 Å². The van der Waals surface area contributed by atoms with Gasteiger partial charge in [-0.25, -0.2) is 0 Å². The van der Waals surface area contributed by atoms with E-state index in [1.807, 2.05) is 6.08 Å². The van der Waals surface area contributed by atoms with Crippen molar-refractivity contribution in [2.45, 2.75) is 51.2 Å². The Morgan fingerprint density at radius 1 is 1.00 bits per heavy atom. The molecule has 2 nitrogen and oxygen atoms in total. The van der Waals surface area contributed by atoms with Gasteiger partial charge < -0.3 is 10.2 Å². The van der Waals surface area contributed by atoms with Gasteiger partial charge in [-0.15, -0.1) is 0 Å². The van der Waals surface area contributed by atoms with Gasteiger partial charge in [0.25, 0.3) is 0 Å². The Balaban J connectivity index is 2.99. The third kappa shape index (κ3) is 11.4. The number of aliphatic hydroxyl groups is 2. The third-order valence-electron chi connectivity index (χ3n) is 2.11. The Labute approximate surface area is 87.0 Å². The molecule has 0 spiro atoms. The SMILES string of the molecule is C=CC=CCCCCCCCC(O)O. The second-order valence-corrected chi connectivity index (χ2v) is 3.49. The van der Waals surface area contributed by atoms with E-state index in [1.54, 1.807) is 6.08 Å². The molecule has 0 aromatic heterocycles. The number of aliphatic hydroxyl groups excluding tert-OH is 1. The van der Waals surface area contributed by atoms with E-state index in [2.05, 4.69) is 12.7 Å². The van der Waals surface area contributed by atoms with E-state index in [-0.39, 0.29) is 0 Å². The molecule has 2 heteroatoms. The number of allylic oxidation sites excluding steroid dienone is 3. The molecular weight excluding hydrogens is 176 g/mol.